The fourth-order valence-corrected chi connectivity index (χ4v) is 8.04. The van der Waals surface area contributed by atoms with Gasteiger partial charge in [-0.3, -0.25) is 0 Å². The van der Waals surface area contributed by atoms with Crippen LogP contribution in [0.3, 0.4) is 0 Å². The van der Waals surface area contributed by atoms with Gasteiger partial charge >= 0.3 is 305 Å². The summed E-state index contributed by atoms with van der Waals surface area (Å²) in [6.45, 7) is -6.35. The molecule has 0 bridgehead atoms. The van der Waals surface area contributed by atoms with Crippen molar-refractivity contribution in [2.45, 2.75) is 23.9 Å². The van der Waals surface area contributed by atoms with Crippen molar-refractivity contribution in [3.63, 3.8) is 0 Å². The van der Waals surface area contributed by atoms with E-state index in [4.69, 9.17) is 23.7 Å². The van der Waals surface area contributed by atoms with Gasteiger partial charge in [0.05, 0.1) is 0 Å². The molecule has 4 rings (SSSR count). The van der Waals surface area contributed by atoms with Crippen LogP contribution in [-0.4, -0.2) is 95.1 Å². The molecule has 51 heavy (non-hydrogen) atoms. The van der Waals surface area contributed by atoms with Crippen LogP contribution in [0, 0.1) is 0 Å². The maximum atomic E-state index is 12.6. The minimum absolute atomic E-state index is 0.0218. The fraction of sp³-hybridized carbons (Fsp3) is 0.257. The van der Waals surface area contributed by atoms with E-state index in [2.05, 4.69) is 9.47 Å². The number of aromatic carboxylic acids is 1. The number of ether oxygens (including phenoxy) is 7. The van der Waals surface area contributed by atoms with Crippen molar-refractivity contribution in [2.75, 3.05) is 34.9 Å². The Bertz CT molecular complexity index is 1680. The summed E-state index contributed by atoms with van der Waals surface area (Å²) < 4.78 is 86.5. The van der Waals surface area contributed by atoms with Crippen LogP contribution in [0.1, 0.15) is 31.8 Å². The third kappa shape index (κ3) is 13.7. The molecule has 16 heteroatoms. The Morgan fingerprint density at radius 1 is 0.647 bits per heavy atom. The van der Waals surface area contributed by atoms with Gasteiger partial charge in [0.15, 0.2) is 0 Å². The summed E-state index contributed by atoms with van der Waals surface area (Å²) in [6, 6.07) is 24.3. The summed E-state index contributed by atoms with van der Waals surface area (Å²) in [5.74, 6) is -2.03. The molecule has 1 N–H and O–H groups in total. The molecule has 4 aromatic carbocycles. The molecule has 0 saturated heterocycles. The van der Waals surface area contributed by atoms with Crippen molar-refractivity contribution in [3.05, 3.63) is 107 Å². The molecule has 0 amide bonds. The molecule has 274 valence electrons. The van der Waals surface area contributed by atoms with Gasteiger partial charge in [0.1, 0.15) is 0 Å². The third-order valence-electron chi connectivity index (χ3n) is 6.31. The summed E-state index contributed by atoms with van der Waals surface area (Å²) in [5, 5.41) is 10.4. The Labute approximate surface area is 304 Å². The Morgan fingerprint density at radius 2 is 1.06 bits per heavy atom. The Hall–Kier alpha value is -4.30. The molecule has 0 aliphatic carbocycles. The molecule has 4 aromatic rings. The Balaban J connectivity index is 0.000000276. The van der Waals surface area contributed by atoms with Gasteiger partial charge in [0.25, 0.3) is 0 Å². The normalized spacial score (nSPS) is 10.7. The molecule has 0 fully saturated rings. The Morgan fingerprint density at radius 3 is 1.43 bits per heavy atom. The quantitative estimate of drug-likeness (QED) is 0.0629. The van der Waals surface area contributed by atoms with Crippen molar-refractivity contribution in [1.82, 2.24) is 0 Å². The summed E-state index contributed by atoms with van der Waals surface area (Å²) >= 11 is -0.0978. The van der Waals surface area contributed by atoms with E-state index < -0.39 is 25.2 Å². The van der Waals surface area contributed by atoms with Crippen molar-refractivity contribution < 1.29 is 65.4 Å². The molecule has 0 unspecified atom stereocenters. The number of carbonyl (C=O) groups is 2. The standard InChI is InChI=1S/C18H18F2O5Se.C17H16F2O5Se/c1-22-11-24-15-9-13(25-18(19)20)8-12(16(15)17(21)23-2)10-26-14-6-4-3-5-7-14;1-22-10-23-14-8-12(24-17(18)19)7-11(15(14)16(20)21)9-25-13-5-3-2-4-6-13/h3-9,18H,10-11H2,1-2H3;2-8,17H,9-10H2,1H3,(H,20,21). The number of carboxylic acids is 1. The van der Waals surface area contributed by atoms with Crippen LogP contribution in [-0.2, 0) is 24.8 Å². The number of hydrogen-bond donors (Lipinski definition) is 1. The maximum absolute atomic E-state index is 12.6. The molecule has 0 aliphatic rings. The van der Waals surface area contributed by atoms with Crippen LogP contribution in [0.4, 0.5) is 17.6 Å². The summed E-state index contributed by atoms with van der Waals surface area (Å²) in [5.41, 5.74) is 1.01. The average molecular weight is 849 g/mol. The second-order valence-corrected chi connectivity index (χ2v) is 14.2. The fourth-order valence-electron chi connectivity index (χ4n) is 4.26. The number of carboxylic acid groups (broad SMARTS) is 1. The summed E-state index contributed by atoms with van der Waals surface area (Å²) in [6.07, 6.45) is 0. The van der Waals surface area contributed by atoms with Crippen LogP contribution < -0.4 is 27.9 Å². The summed E-state index contributed by atoms with van der Waals surface area (Å²) in [4.78, 5) is 23.9. The number of esters is 1. The second-order valence-electron chi connectivity index (χ2n) is 9.77. The molecule has 0 aromatic heterocycles. The van der Waals surface area contributed by atoms with E-state index in [-0.39, 0.29) is 77.6 Å². The zero-order valence-corrected chi connectivity index (χ0v) is 30.9. The molecule has 0 spiro atoms. The number of rotatable bonds is 18. The zero-order chi connectivity index (χ0) is 37.2. The molecular weight excluding hydrogens is 814 g/mol. The first-order valence-corrected chi connectivity index (χ1v) is 18.8. The predicted molar refractivity (Wildman–Crippen MR) is 181 cm³/mol. The first-order chi connectivity index (χ1) is 24.6. The van der Waals surface area contributed by atoms with Crippen LogP contribution in [0.2, 0.25) is 0 Å². The second kappa shape index (κ2) is 21.8. The third-order valence-corrected chi connectivity index (χ3v) is 10.8. The van der Waals surface area contributed by atoms with Gasteiger partial charge in [0, 0.05) is 0 Å². The van der Waals surface area contributed by atoms with Crippen LogP contribution in [0.15, 0.2) is 84.9 Å². The molecule has 0 saturated carbocycles. The van der Waals surface area contributed by atoms with Gasteiger partial charge in [-0.1, -0.05) is 0 Å². The van der Waals surface area contributed by atoms with Crippen molar-refractivity contribution >= 4 is 50.8 Å². The number of halogens is 4. The number of hydrogen-bond acceptors (Lipinski definition) is 9. The monoisotopic (exact) mass is 850 g/mol. The van der Waals surface area contributed by atoms with Gasteiger partial charge in [0.2, 0.25) is 0 Å². The van der Waals surface area contributed by atoms with E-state index in [1.165, 1.54) is 39.5 Å². The van der Waals surface area contributed by atoms with E-state index in [0.29, 0.717) is 21.8 Å². The molecule has 0 heterocycles. The predicted octanol–water partition coefficient (Wildman–Crippen LogP) is 5.09. The van der Waals surface area contributed by atoms with Crippen LogP contribution >= 0.6 is 0 Å². The number of methoxy groups -OCH3 is 3. The molecule has 0 aliphatic heterocycles. The van der Waals surface area contributed by atoms with E-state index in [0.717, 1.165) is 15.0 Å². The Kier molecular flexibility index (Phi) is 17.6. The molecule has 0 radical (unpaired) electrons. The minimum atomic E-state index is -3.02. The first-order valence-electron chi connectivity index (χ1n) is 14.7. The van der Waals surface area contributed by atoms with E-state index in [1.54, 1.807) is 0 Å². The molecule has 10 nitrogen and oxygen atoms in total. The van der Waals surface area contributed by atoms with Crippen LogP contribution in [0.25, 0.3) is 0 Å². The van der Waals surface area contributed by atoms with Crippen LogP contribution in [0.5, 0.6) is 23.0 Å². The van der Waals surface area contributed by atoms with Gasteiger partial charge in [-0.15, -0.1) is 0 Å². The number of carbonyl (C=O) groups excluding carboxylic acids is 1. The van der Waals surface area contributed by atoms with Gasteiger partial charge in [-0.2, -0.15) is 0 Å². The zero-order valence-electron chi connectivity index (χ0n) is 27.5. The van der Waals surface area contributed by atoms with Crippen molar-refractivity contribution in [1.29, 1.82) is 0 Å². The van der Waals surface area contributed by atoms with Crippen molar-refractivity contribution in [2.24, 2.45) is 0 Å². The van der Waals surface area contributed by atoms with Gasteiger partial charge in [-0.25, -0.2) is 0 Å². The van der Waals surface area contributed by atoms with E-state index in [1.807, 2.05) is 60.7 Å². The van der Waals surface area contributed by atoms with E-state index >= 15 is 0 Å². The SMILES string of the molecule is COCOc1cc(OC(F)F)cc(C[Se]c2ccccc2)c1C(=O)O.COCOc1cc(OC(F)F)cc(C[Se]c2ccccc2)c1C(=O)OC. The first kappa shape index (κ1) is 41.1. The van der Waals surface area contributed by atoms with Crippen molar-refractivity contribution in [3.8, 4) is 23.0 Å². The van der Waals surface area contributed by atoms with E-state index in [9.17, 15) is 32.3 Å². The van der Waals surface area contributed by atoms with Gasteiger partial charge in [-0.05, 0) is 0 Å². The summed E-state index contributed by atoms with van der Waals surface area (Å²) in [7, 11) is 4.04. The number of alkyl halides is 4. The molecule has 0 atom stereocenters. The number of benzene rings is 4. The average Bonchev–Trinajstić information content (AvgIpc) is 3.11. The van der Waals surface area contributed by atoms with Gasteiger partial charge < -0.3 is 0 Å². The molecular formula is C35H34F4O10Se2. The topological polar surface area (TPSA) is 119 Å².